The Kier molecular flexibility index (Phi) is 2.61. The monoisotopic (exact) mass is 334 g/mol. The molecule has 0 N–H and O–H groups in total. The van der Waals surface area contributed by atoms with Gasteiger partial charge in [0.15, 0.2) is 5.60 Å². The third-order valence-corrected chi connectivity index (χ3v) is 5.93. The lowest BCUT2D eigenvalue weighted by Gasteiger charge is -2.64. The Labute approximate surface area is 138 Å². The van der Waals surface area contributed by atoms with Crippen LogP contribution in [0.3, 0.4) is 0 Å². The van der Waals surface area contributed by atoms with Gasteiger partial charge in [0.25, 0.3) is 6.01 Å². The van der Waals surface area contributed by atoms with Gasteiger partial charge in [-0.1, -0.05) is 0 Å². The Morgan fingerprint density at radius 1 is 1.29 bits per heavy atom. The van der Waals surface area contributed by atoms with E-state index in [0.29, 0.717) is 33.9 Å². The van der Waals surface area contributed by atoms with Crippen molar-refractivity contribution in [3.63, 3.8) is 0 Å². The van der Waals surface area contributed by atoms with Gasteiger partial charge >= 0.3 is 6.18 Å². The summed E-state index contributed by atoms with van der Waals surface area (Å²) in [6.45, 7) is 3.29. The van der Waals surface area contributed by atoms with E-state index in [1.807, 2.05) is 4.57 Å². The maximum Gasteiger partial charge on any atom is 0.416 e. The number of aromatic nitrogens is 2. The summed E-state index contributed by atoms with van der Waals surface area (Å²) >= 11 is 0. The number of rotatable bonds is 0. The summed E-state index contributed by atoms with van der Waals surface area (Å²) in [6.07, 6.45) is -2.31. The topological polar surface area (TPSA) is 27.1 Å². The number of halogens is 3. The molecule has 4 aliphatic heterocycles. The Bertz CT molecular complexity index is 841. The van der Waals surface area contributed by atoms with Crippen LogP contribution in [0.4, 0.5) is 13.2 Å². The molecule has 0 saturated carbocycles. The van der Waals surface area contributed by atoms with E-state index in [-0.39, 0.29) is 5.60 Å². The van der Waals surface area contributed by atoms with Crippen molar-refractivity contribution in [2.24, 2.45) is 5.92 Å². The summed E-state index contributed by atoms with van der Waals surface area (Å²) in [4.78, 5) is 4.32. The first-order valence-electron chi connectivity index (χ1n) is 8.19. The van der Waals surface area contributed by atoms with E-state index < -0.39 is 11.7 Å². The minimum atomic E-state index is -4.36. The third kappa shape index (κ3) is 1.89. The average molecular weight is 334 g/mol. The second kappa shape index (κ2) is 4.28. The van der Waals surface area contributed by atoms with E-state index in [1.165, 1.54) is 6.07 Å². The third-order valence-electron chi connectivity index (χ3n) is 5.93. The van der Waals surface area contributed by atoms with Crippen LogP contribution in [-0.4, -0.2) is 47.2 Å². The molecule has 125 valence electrons. The van der Waals surface area contributed by atoms with Crippen molar-refractivity contribution in [2.75, 3.05) is 19.6 Å². The van der Waals surface area contributed by atoms with Gasteiger partial charge in [0.2, 0.25) is 0 Å². The number of fused-ring (bicyclic) bond motifs is 5. The van der Waals surface area contributed by atoms with Crippen LogP contribution in [0.25, 0.3) is 11.0 Å². The van der Waals surface area contributed by atoms with E-state index in [2.05, 4.69) is 4.98 Å². The molecular weight excluding hydrogens is 318 g/mol. The maximum atomic E-state index is 12.9. The fourth-order valence-corrected chi connectivity index (χ4v) is 4.72. The highest BCUT2D eigenvalue weighted by atomic mass is 19.4. The first-order valence-corrected chi connectivity index (χ1v) is 8.19. The van der Waals surface area contributed by atoms with Crippen molar-refractivity contribution in [3.05, 3.63) is 23.8 Å². The summed E-state index contributed by atoms with van der Waals surface area (Å²) in [5.41, 5.74) is -0.0249. The van der Waals surface area contributed by atoms with E-state index in [1.54, 1.807) is 0 Å². The summed E-state index contributed by atoms with van der Waals surface area (Å²) < 4.78 is 47.3. The van der Waals surface area contributed by atoms with Gasteiger partial charge in [0.1, 0.15) is 0 Å². The van der Waals surface area contributed by atoms with Crippen molar-refractivity contribution in [2.45, 2.75) is 31.2 Å². The number of hydrogen-bond donors (Lipinski definition) is 0. The number of hydrogen-bond acceptors (Lipinski definition) is 2. The maximum absolute atomic E-state index is 12.9. The highest BCUT2D eigenvalue weighted by Gasteiger charge is 2.55. The first-order chi connectivity index (χ1) is 11.3. The summed E-state index contributed by atoms with van der Waals surface area (Å²) in [5, 5.41) is 0. The SMILES string of the molecule is [B-][N+]12CCC(CC1)C1(Cn3c(nc4cc(C(F)(F)F)ccc43)O1)C2. The van der Waals surface area contributed by atoms with Crippen LogP contribution < -0.4 is 4.74 Å². The molecule has 3 saturated heterocycles. The van der Waals surface area contributed by atoms with Crippen molar-refractivity contribution in [1.29, 1.82) is 0 Å². The molecule has 1 spiro atoms. The number of alkyl halides is 3. The van der Waals surface area contributed by atoms with Gasteiger partial charge in [-0.2, -0.15) is 18.2 Å². The fraction of sp³-hybridized carbons (Fsp3) is 0.562. The number of benzene rings is 1. The van der Waals surface area contributed by atoms with E-state index in [0.717, 1.165) is 44.6 Å². The molecule has 6 rings (SSSR count). The van der Waals surface area contributed by atoms with Crippen LogP contribution in [0.2, 0.25) is 0 Å². The Balaban J connectivity index is 1.54. The van der Waals surface area contributed by atoms with Crippen molar-refractivity contribution < 1.29 is 22.3 Å². The van der Waals surface area contributed by atoms with Crippen molar-refractivity contribution in [3.8, 4) is 6.01 Å². The van der Waals surface area contributed by atoms with Gasteiger partial charge < -0.3 is 9.13 Å². The largest absolute Gasteiger partial charge is 0.585 e. The van der Waals surface area contributed by atoms with Crippen molar-refractivity contribution in [1.82, 2.24) is 9.55 Å². The van der Waals surface area contributed by atoms with Gasteiger partial charge in [-0.25, -0.2) is 7.98 Å². The Morgan fingerprint density at radius 2 is 2.04 bits per heavy atom. The summed E-state index contributed by atoms with van der Waals surface area (Å²) in [6, 6.07) is 4.11. The molecule has 3 radical (unpaired) electrons. The van der Waals surface area contributed by atoms with Gasteiger partial charge in [-0.3, -0.25) is 4.57 Å². The van der Waals surface area contributed by atoms with Gasteiger partial charge in [-0.15, -0.1) is 0 Å². The quantitative estimate of drug-likeness (QED) is 0.693. The van der Waals surface area contributed by atoms with Crippen LogP contribution in [0, 0.1) is 5.92 Å². The zero-order valence-corrected chi connectivity index (χ0v) is 13.0. The predicted octanol–water partition coefficient (Wildman–Crippen LogP) is 2.51. The van der Waals surface area contributed by atoms with Gasteiger partial charge in [0.05, 0.1) is 29.7 Å². The predicted molar refractivity (Wildman–Crippen MR) is 81.4 cm³/mol. The molecule has 5 heterocycles. The van der Waals surface area contributed by atoms with Crippen LogP contribution in [-0.2, 0) is 12.7 Å². The first kappa shape index (κ1) is 14.6. The molecule has 8 heteroatoms. The second-order valence-electron chi connectivity index (χ2n) is 7.45. The van der Waals surface area contributed by atoms with Crippen LogP contribution in [0.15, 0.2) is 18.2 Å². The standard InChI is InChI=1S/C16H16BF3N3O/c17-23-5-3-10(4-6-23)15(9-23)8-22-13-2-1-11(16(18,19)20)7-12(13)21-14(22)24-15/h1-2,7,10H,3-6,8-9H2. The zero-order valence-electron chi connectivity index (χ0n) is 13.0. The van der Waals surface area contributed by atoms with Gasteiger partial charge in [-0.05, 0) is 31.0 Å². The zero-order chi connectivity index (χ0) is 16.7. The Morgan fingerprint density at radius 3 is 2.71 bits per heavy atom. The number of piperidine rings is 3. The lowest BCUT2D eigenvalue weighted by molar-refractivity contribution is -0.845. The van der Waals surface area contributed by atoms with E-state index >= 15 is 0 Å². The highest BCUT2D eigenvalue weighted by molar-refractivity contribution is 5.97. The molecule has 2 bridgehead atoms. The minimum Gasteiger partial charge on any atom is -0.585 e. The molecule has 3 fully saturated rings. The van der Waals surface area contributed by atoms with Gasteiger partial charge in [0, 0.05) is 19.0 Å². The minimum absolute atomic E-state index is 0.326. The molecule has 1 aromatic carbocycles. The molecular formula is C16H16BF3N3O. The fourth-order valence-electron chi connectivity index (χ4n) is 4.72. The average Bonchev–Trinajstić information content (AvgIpc) is 2.99. The molecule has 4 nitrogen and oxygen atoms in total. The molecule has 1 aromatic heterocycles. The summed E-state index contributed by atoms with van der Waals surface area (Å²) in [5.74, 6) is 0.437. The molecule has 0 aliphatic carbocycles. The second-order valence-corrected chi connectivity index (χ2v) is 7.45. The molecule has 1 atom stereocenters. The van der Waals surface area contributed by atoms with Crippen LogP contribution in [0.5, 0.6) is 6.01 Å². The number of quaternary nitrogens is 1. The molecule has 2 aromatic rings. The normalized spacial score (nSPS) is 34.8. The molecule has 24 heavy (non-hydrogen) atoms. The Hall–Kier alpha value is -1.70. The molecule has 1 unspecified atom stereocenters. The van der Waals surface area contributed by atoms with E-state index in [4.69, 9.17) is 12.7 Å². The number of ether oxygens (including phenoxy) is 1. The lowest BCUT2D eigenvalue weighted by Crippen LogP contribution is -2.69. The van der Waals surface area contributed by atoms with Crippen LogP contribution >= 0.6 is 0 Å². The van der Waals surface area contributed by atoms with E-state index in [9.17, 15) is 13.2 Å². The summed E-state index contributed by atoms with van der Waals surface area (Å²) in [7, 11) is 6.44. The van der Waals surface area contributed by atoms with Crippen LogP contribution in [0.1, 0.15) is 18.4 Å². The highest BCUT2D eigenvalue weighted by Crippen LogP contribution is 2.47. The molecule has 4 aliphatic rings. The smallest absolute Gasteiger partial charge is 0.416 e. The van der Waals surface area contributed by atoms with Crippen molar-refractivity contribution >= 4 is 19.0 Å². The molecule has 0 amide bonds. The number of nitrogens with zero attached hydrogens (tertiary/aromatic N) is 3. The number of imidazole rings is 1. The lowest BCUT2D eigenvalue weighted by atomic mass is 9.71.